The molecule has 0 saturated carbocycles. The van der Waals surface area contributed by atoms with Gasteiger partial charge in [-0.3, -0.25) is 0 Å². The number of benzene rings is 2. The van der Waals surface area contributed by atoms with Crippen molar-refractivity contribution in [3.05, 3.63) is 93.8 Å². The summed E-state index contributed by atoms with van der Waals surface area (Å²) in [6, 6.07) is 15.7. The van der Waals surface area contributed by atoms with Crippen LogP contribution in [-0.4, -0.2) is 22.0 Å². The summed E-state index contributed by atoms with van der Waals surface area (Å²) in [5.41, 5.74) is 6.23. The van der Waals surface area contributed by atoms with Crippen molar-refractivity contribution in [2.75, 3.05) is 0 Å². The Balaban J connectivity index is 1.41. The van der Waals surface area contributed by atoms with Gasteiger partial charge in [-0.05, 0) is 56.5 Å². The summed E-state index contributed by atoms with van der Waals surface area (Å²) in [5.74, 6) is 0.154. The summed E-state index contributed by atoms with van der Waals surface area (Å²) in [7, 11) is 0. The van der Waals surface area contributed by atoms with Crippen LogP contribution in [0.2, 0.25) is 5.02 Å². The van der Waals surface area contributed by atoms with Crippen LogP contribution >= 0.6 is 11.6 Å². The molecular weight excluding hydrogens is 410 g/mol. The van der Waals surface area contributed by atoms with Gasteiger partial charge >= 0.3 is 6.09 Å². The standard InChI is InChI=1S/C25H26ClN3O2/c1-16-9-11-21(14-23(16)26)29-18(3)24(17(2)28-29)20-10-12-22(13-20)31-25(30)27-15-19-7-5-4-6-8-19/h4-12,14,20,22H,13,15H2,1-3H3,(H,27,30)/t20-,22-/m1/s1. The number of nitrogens with zero attached hydrogens (tertiary/aromatic N) is 2. The second kappa shape index (κ2) is 8.98. The predicted octanol–water partition coefficient (Wildman–Crippen LogP) is 5.79. The van der Waals surface area contributed by atoms with Gasteiger partial charge in [-0.25, -0.2) is 9.48 Å². The van der Waals surface area contributed by atoms with E-state index in [4.69, 9.17) is 21.4 Å². The van der Waals surface area contributed by atoms with E-state index >= 15 is 0 Å². The Morgan fingerprint density at radius 3 is 2.68 bits per heavy atom. The lowest BCUT2D eigenvalue weighted by Gasteiger charge is -2.15. The smallest absolute Gasteiger partial charge is 0.407 e. The van der Waals surface area contributed by atoms with Crippen LogP contribution in [0.4, 0.5) is 4.79 Å². The van der Waals surface area contributed by atoms with Crippen LogP contribution in [0, 0.1) is 20.8 Å². The van der Waals surface area contributed by atoms with E-state index in [1.54, 1.807) is 0 Å². The third kappa shape index (κ3) is 4.67. The molecular formula is C25H26ClN3O2. The molecule has 1 aromatic heterocycles. The largest absolute Gasteiger partial charge is 0.442 e. The van der Waals surface area contributed by atoms with Crippen molar-refractivity contribution in [3.8, 4) is 5.69 Å². The lowest BCUT2D eigenvalue weighted by atomic mass is 9.96. The molecule has 0 unspecified atom stereocenters. The normalized spacial score (nSPS) is 17.7. The molecule has 0 fully saturated rings. The molecule has 0 bridgehead atoms. The SMILES string of the molecule is Cc1ccc(-n2nc(C)c([C@@H]3C=C[C@@H](OC(=O)NCc4ccccc4)C3)c2C)cc1Cl. The van der Waals surface area contributed by atoms with E-state index in [0.717, 1.165) is 33.2 Å². The van der Waals surface area contributed by atoms with E-state index in [1.807, 2.05) is 73.1 Å². The maximum Gasteiger partial charge on any atom is 0.407 e. The van der Waals surface area contributed by atoms with Crippen molar-refractivity contribution in [1.29, 1.82) is 0 Å². The number of aromatic nitrogens is 2. The van der Waals surface area contributed by atoms with E-state index < -0.39 is 6.09 Å². The maximum atomic E-state index is 12.2. The van der Waals surface area contributed by atoms with Gasteiger partial charge in [-0.1, -0.05) is 54.1 Å². The van der Waals surface area contributed by atoms with Crippen LogP contribution < -0.4 is 5.32 Å². The van der Waals surface area contributed by atoms with Crippen LogP contribution in [-0.2, 0) is 11.3 Å². The average Bonchev–Trinajstić information content (AvgIpc) is 3.32. The zero-order valence-electron chi connectivity index (χ0n) is 17.9. The fourth-order valence-corrected chi connectivity index (χ4v) is 4.25. The fraction of sp³-hybridized carbons (Fsp3) is 0.280. The highest BCUT2D eigenvalue weighted by molar-refractivity contribution is 6.31. The number of ether oxygens (including phenoxy) is 1. The number of rotatable bonds is 5. The van der Waals surface area contributed by atoms with Crippen molar-refractivity contribution in [2.24, 2.45) is 0 Å². The fourth-order valence-electron chi connectivity index (χ4n) is 4.07. The van der Waals surface area contributed by atoms with Crippen molar-refractivity contribution in [3.63, 3.8) is 0 Å². The van der Waals surface area contributed by atoms with E-state index in [0.29, 0.717) is 13.0 Å². The van der Waals surface area contributed by atoms with Gasteiger partial charge in [-0.15, -0.1) is 0 Å². The number of halogens is 1. The number of carbonyl (C=O) groups is 1. The monoisotopic (exact) mass is 435 g/mol. The molecule has 6 heteroatoms. The maximum absolute atomic E-state index is 12.2. The van der Waals surface area contributed by atoms with Crippen molar-refractivity contribution >= 4 is 17.7 Å². The minimum absolute atomic E-state index is 0.154. The number of allylic oxidation sites excluding steroid dienone is 1. The van der Waals surface area contributed by atoms with E-state index in [2.05, 4.69) is 18.3 Å². The molecule has 2 atom stereocenters. The van der Waals surface area contributed by atoms with Gasteiger partial charge in [0.05, 0.1) is 11.4 Å². The zero-order valence-corrected chi connectivity index (χ0v) is 18.7. The third-order valence-corrected chi connectivity index (χ3v) is 6.11. The number of hydrogen-bond donors (Lipinski definition) is 1. The Hall–Kier alpha value is -3.05. The summed E-state index contributed by atoms with van der Waals surface area (Å²) in [6.07, 6.45) is 4.12. The third-order valence-electron chi connectivity index (χ3n) is 5.70. The van der Waals surface area contributed by atoms with Crippen LogP contribution in [0.1, 0.15) is 40.4 Å². The topological polar surface area (TPSA) is 56.2 Å². The first-order chi connectivity index (χ1) is 14.9. The molecule has 160 valence electrons. The number of hydrogen-bond acceptors (Lipinski definition) is 3. The number of alkyl carbamates (subject to hydrolysis) is 1. The Morgan fingerprint density at radius 1 is 1.16 bits per heavy atom. The quantitative estimate of drug-likeness (QED) is 0.516. The van der Waals surface area contributed by atoms with Gasteiger partial charge in [0.15, 0.2) is 0 Å². The molecule has 1 aliphatic rings. The molecule has 2 aromatic carbocycles. The lowest BCUT2D eigenvalue weighted by Crippen LogP contribution is -2.27. The molecule has 4 rings (SSSR count). The number of aryl methyl sites for hydroxylation is 2. The minimum Gasteiger partial charge on any atom is -0.442 e. The van der Waals surface area contributed by atoms with Gasteiger partial charge < -0.3 is 10.1 Å². The Kier molecular flexibility index (Phi) is 6.14. The van der Waals surface area contributed by atoms with Crippen molar-refractivity contribution in [1.82, 2.24) is 15.1 Å². The van der Waals surface area contributed by atoms with E-state index in [-0.39, 0.29) is 12.0 Å². The Morgan fingerprint density at radius 2 is 1.94 bits per heavy atom. The lowest BCUT2D eigenvalue weighted by molar-refractivity contribution is 0.117. The van der Waals surface area contributed by atoms with Crippen LogP contribution in [0.15, 0.2) is 60.7 Å². The van der Waals surface area contributed by atoms with Crippen LogP contribution in [0.5, 0.6) is 0 Å². The molecule has 0 radical (unpaired) electrons. The zero-order chi connectivity index (χ0) is 22.0. The van der Waals surface area contributed by atoms with Crippen LogP contribution in [0.3, 0.4) is 0 Å². The average molecular weight is 436 g/mol. The van der Waals surface area contributed by atoms with Crippen molar-refractivity contribution in [2.45, 2.75) is 45.8 Å². The summed E-state index contributed by atoms with van der Waals surface area (Å²) in [4.78, 5) is 12.2. The molecule has 3 aromatic rings. The second-order valence-electron chi connectivity index (χ2n) is 7.94. The summed E-state index contributed by atoms with van der Waals surface area (Å²) in [6.45, 7) is 6.52. The molecule has 0 saturated heterocycles. The number of amides is 1. The highest BCUT2D eigenvalue weighted by Crippen LogP contribution is 2.35. The first kappa shape index (κ1) is 21.2. The molecule has 0 aliphatic heterocycles. The molecule has 31 heavy (non-hydrogen) atoms. The highest BCUT2D eigenvalue weighted by atomic mass is 35.5. The van der Waals surface area contributed by atoms with Gasteiger partial charge in [0.2, 0.25) is 0 Å². The van der Waals surface area contributed by atoms with Gasteiger partial charge in [0, 0.05) is 28.7 Å². The first-order valence-electron chi connectivity index (χ1n) is 10.4. The molecule has 1 N–H and O–H groups in total. The Labute approximate surface area is 187 Å². The number of nitrogens with one attached hydrogen (secondary N) is 1. The van der Waals surface area contributed by atoms with Crippen LogP contribution in [0.25, 0.3) is 5.69 Å². The molecule has 1 amide bonds. The molecule has 0 spiro atoms. The Bertz CT molecular complexity index is 1120. The van der Waals surface area contributed by atoms with Gasteiger partial charge in [0.1, 0.15) is 6.10 Å². The minimum atomic E-state index is -0.405. The molecule has 1 aliphatic carbocycles. The van der Waals surface area contributed by atoms with Gasteiger partial charge in [-0.2, -0.15) is 5.10 Å². The van der Waals surface area contributed by atoms with E-state index in [1.165, 1.54) is 5.56 Å². The van der Waals surface area contributed by atoms with Gasteiger partial charge in [0.25, 0.3) is 0 Å². The summed E-state index contributed by atoms with van der Waals surface area (Å²) < 4.78 is 7.54. The summed E-state index contributed by atoms with van der Waals surface area (Å²) >= 11 is 6.32. The second-order valence-corrected chi connectivity index (χ2v) is 8.35. The van der Waals surface area contributed by atoms with E-state index in [9.17, 15) is 4.79 Å². The van der Waals surface area contributed by atoms with Crippen molar-refractivity contribution < 1.29 is 9.53 Å². The predicted molar refractivity (Wildman–Crippen MR) is 123 cm³/mol. The summed E-state index contributed by atoms with van der Waals surface area (Å²) in [5, 5.41) is 8.29. The molecule has 1 heterocycles. The number of carbonyl (C=O) groups excluding carboxylic acids is 1. The highest BCUT2D eigenvalue weighted by Gasteiger charge is 2.28. The molecule has 5 nitrogen and oxygen atoms in total. The first-order valence-corrected chi connectivity index (χ1v) is 10.8.